The zero-order valence-corrected chi connectivity index (χ0v) is 12.9. The van der Waals surface area contributed by atoms with Gasteiger partial charge in [0.1, 0.15) is 18.8 Å². The Morgan fingerprint density at radius 3 is 2.23 bits per heavy atom. The van der Waals surface area contributed by atoms with Crippen molar-refractivity contribution in [2.75, 3.05) is 13.2 Å². The maximum Gasteiger partial charge on any atom is 0.303 e. The topological polar surface area (TPSA) is 108 Å². The molecule has 8 nitrogen and oxygen atoms in total. The van der Waals surface area contributed by atoms with Crippen LogP contribution in [0.5, 0.6) is 0 Å². The Kier molecular flexibility index (Phi) is 7.26. The number of carbonyl (C=O) groups is 3. The summed E-state index contributed by atoms with van der Waals surface area (Å²) in [7, 11) is 0. The standard InChI is InChI=1S/C14H22O8/c1-8(16)19-7-13-14(21-10(3)18)12(20-9(2)17)6-11(22-13)4-5-15/h11-15H,4-7H2,1-3H3/t11-,12-,13-,14-/m1/s1. The van der Waals surface area contributed by atoms with E-state index in [4.69, 9.17) is 24.1 Å². The summed E-state index contributed by atoms with van der Waals surface area (Å²) in [5.41, 5.74) is 0. The SMILES string of the molecule is CC(=O)OC[C@H]1O[C@H](CCO)C[C@@H](OC(C)=O)[C@H]1OC(C)=O. The Morgan fingerprint density at radius 1 is 1.09 bits per heavy atom. The number of hydrogen-bond donors (Lipinski definition) is 1. The van der Waals surface area contributed by atoms with E-state index in [9.17, 15) is 14.4 Å². The molecular weight excluding hydrogens is 296 g/mol. The van der Waals surface area contributed by atoms with Crippen LogP contribution in [0.2, 0.25) is 0 Å². The van der Waals surface area contributed by atoms with Gasteiger partial charge in [-0.15, -0.1) is 0 Å². The molecule has 1 aliphatic rings. The van der Waals surface area contributed by atoms with Crippen LogP contribution < -0.4 is 0 Å². The monoisotopic (exact) mass is 318 g/mol. The van der Waals surface area contributed by atoms with Crippen molar-refractivity contribution in [1.82, 2.24) is 0 Å². The van der Waals surface area contributed by atoms with E-state index in [2.05, 4.69) is 0 Å². The molecule has 0 saturated carbocycles. The molecule has 0 amide bonds. The van der Waals surface area contributed by atoms with Gasteiger partial charge in [-0.25, -0.2) is 0 Å². The van der Waals surface area contributed by atoms with Crippen LogP contribution >= 0.6 is 0 Å². The first-order valence-corrected chi connectivity index (χ1v) is 7.07. The van der Waals surface area contributed by atoms with Crippen LogP contribution in [0.15, 0.2) is 0 Å². The molecule has 1 heterocycles. The molecule has 1 saturated heterocycles. The summed E-state index contributed by atoms with van der Waals surface area (Å²) >= 11 is 0. The Balaban J connectivity index is 2.89. The summed E-state index contributed by atoms with van der Waals surface area (Å²) in [6, 6.07) is 0. The van der Waals surface area contributed by atoms with E-state index in [1.54, 1.807) is 0 Å². The highest BCUT2D eigenvalue weighted by Crippen LogP contribution is 2.27. The van der Waals surface area contributed by atoms with Gasteiger partial charge in [-0.2, -0.15) is 0 Å². The lowest BCUT2D eigenvalue weighted by atomic mass is 9.96. The second kappa shape index (κ2) is 8.70. The average molecular weight is 318 g/mol. The second-order valence-electron chi connectivity index (χ2n) is 5.07. The molecule has 0 aliphatic carbocycles. The molecule has 0 unspecified atom stereocenters. The average Bonchev–Trinajstić information content (AvgIpc) is 2.38. The molecule has 0 aromatic carbocycles. The molecule has 1 rings (SSSR count). The number of aliphatic hydroxyl groups excluding tert-OH is 1. The summed E-state index contributed by atoms with van der Waals surface area (Å²) in [5.74, 6) is -1.57. The lowest BCUT2D eigenvalue weighted by molar-refractivity contribution is -0.216. The number of ether oxygens (including phenoxy) is 4. The van der Waals surface area contributed by atoms with E-state index in [-0.39, 0.29) is 25.7 Å². The fourth-order valence-corrected chi connectivity index (χ4v) is 2.35. The second-order valence-corrected chi connectivity index (χ2v) is 5.07. The van der Waals surface area contributed by atoms with Crippen LogP contribution in [0.3, 0.4) is 0 Å². The quantitative estimate of drug-likeness (QED) is 0.536. The first-order valence-electron chi connectivity index (χ1n) is 7.07. The molecular formula is C14H22O8. The molecule has 1 aliphatic heterocycles. The van der Waals surface area contributed by atoms with Gasteiger partial charge >= 0.3 is 17.9 Å². The Bertz CT molecular complexity index is 408. The third kappa shape index (κ3) is 5.98. The summed E-state index contributed by atoms with van der Waals surface area (Å²) in [5, 5.41) is 9.04. The van der Waals surface area contributed by atoms with Crippen LogP contribution in [0.25, 0.3) is 0 Å². The van der Waals surface area contributed by atoms with Crippen molar-refractivity contribution < 1.29 is 38.4 Å². The smallest absolute Gasteiger partial charge is 0.303 e. The van der Waals surface area contributed by atoms with E-state index < -0.39 is 36.2 Å². The predicted octanol–water partition coefficient (Wildman–Crippen LogP) is -0.0472. The molecule has 0 radical (unpaired) electrons. The van der Waals surface area contributed by atoms with Gasteiger partial charge in [0, 0.05) is 33.8 Å². The first kappa shape index (κ1) is 18.4. The molecule has 4 atom stereocenters. The van der Waals surface area contributed by atoms with Gasteiger partial charge in [0.05, 0.1) is 6.10 Å². The third-order valence-electron chi connectivity index (χ3n) is 3.12. The van der Waals surface area contributed by atoms with Gasteiger partial charge in [0.15, 0.2) is 6.10 Å². The lowest BCUT2D eigenvalue weighted by Crippen LogP contribution is -2.53. The summed E-state index contributed by atoms with van der Waals surface area (Å²) in [4.78, 5) is 33.5. The van der Waals surface area contributed by atoms with E-state index in [0.29, 0.717) is 6.42 Å². The number of aliphatic hydroxyl groups is 1. The maximum atomic E-state index is 11.3. The molecule has 1 N–H and O–H groups in total. The number of esters is 3. The Morgan fingerprint density at radius 2 is 1.73 bits per heavy atom. The minimum Gasteiger partial charge on any atom is -0.463 e. The van der Waals surface area contributed by atoms with Crippen molar-refractivity contribution in [2.45, 2.75) is 58.0 Å². The van der Waals surface area contributed by atoms with Crippen LogP contribution in [-0.2, 0) is 33.3 Å². The summed E-state index contributed by atoms with van der Waals surface area (Å²) in [6.45, 7) is 3.50. The van der Waals surface area contributed by atoms with Gasteiger partial charge in [0.25, 0.3) is 0 Å². The maximum absolute atomic E-state index is 11.3. The summed E-state index contributed by atoms with van der Waals surface area (Å²) < 4.78 is 21.0. The van der Waals surface area contributed by atoms with Crippen molar-refractivity contribution in [1.29, 1.82) is 0 Å². The molecule has 8 heteroatoms. The zero-order chi connectivity index (χ0) is 16.7. The molecule has 22 heavy (non-hydrogen) atoms. The highest BCUT2D eigenvalue weighted by Gasteiger charge is 2.43. The fourth-order valence-electron chi connectivity index (χ4n) is 2.35. The number of carbonyl (C=O) groups excluding carboxylic acids is 3. The molecule has 0 spiro atoms. The third-order valence-corrected chi connectivity index (χ3v) is 3.12. The van der Waals surface area contributed by atoms with Crippen molar-refractivity contribution in [3.63, 3.8) is 0 Å². The van der Waals surface area contributed by atoms with E-state index in [0.717, 1.165) is 0 Å². The van der Waals surface area contributed by atoms with E-state index in [1.807, 2.05) is 0 Å². The van der Waals surface area contributed by atoms with E-state index >= 15 is 0 Å². The molecule has 0 aromatic heterocycles. The van der Waals surface area contributed by atoms with Crippen molar-refractivity contribution in [3.8, 4) is 0 Å². The predicted molar refractivity (Wildman–Crippen MR) is 72.7 cm³/mol. The van der Waals surface area contributed by atoms with Crippen LogP contribution in [-0.4, -0.2) is 60.6 Å². The highest BCUT2D eigenvalue weighted by molar-refractivity contribution is 5.67. The normalized spacial score (nSPS) is 27.8. The molecule has 126 valence electrons. The minimum absolute atomic E-state index is 0.101. The van der Waals surface area contributed by atoms with E-state index in [1.165, 1.54) is 20.8 Å². The first-order chi connectivity index (χ1) is 10.3. The minimum atomic E-state index is -0.865. The van der Waals surface area contributed by atoms with Crippen molar-refractivity contribution >= 4 is 17.9 Å². The van der Waals surface area contributed by atoms with Gasteiger partial charge in [-0.05, 0) is 6.42 Å². The molecule has 0 aromatic rings. The van der Waals surface area contributed by atoms with Crippen molar-refractivity contribution in [3.05, 3.63) is 0 Å². The Hall–Kier alpha value is -1.67. The Labute approximate surface area is 128 Å². The summed E-state index contributed by atoms with van der Waals surface area (Å²) in [6.07, 6.45) is -2.11. The fraction of sp³-hybridized carbons (Fsp3) is 0.786. The van der Waals surface area contributed by atoms with Gasteiger partial charge in [-0.1, -0.05) is 0 Å². The van der Waals surface area contributed by atoms with Gasteiger partial charge < -0.3 is 24.1 Å². The molecule has 0 bridgehead atoms. The van der Waals surface area contributed by atoms with Crippen LogP contribution in [0.1, 0.15) is 33.6 Å². The largest absolute Gasteiger partial charge is 0.463 e. The number of hydrogen-bond acceptors (Lipinski definition) is 8. The number of rotatable bonds is 6. The molecule has 1 fully saturated rings. The van der Waals surface area contributed by atoms with Gasteiger partial charge in [0.2, 0.25) is 0 Å². The van der Waals surface area contributed by atoms with Crippen LogP contribution in [0.4, 0.5) is 0 Å². The van der Waals surface area contributed by atoms with Gasteiger partial charge in [-0.3, -0.25) is 14.4 Å². The van der Waals surface area contributed by atoms with Crippen molar-refractivity contribution in [2.24, 2.45) is 0 Å². The zero-order valence-electron chi connectivity index (χ0n) is 12.9. The highest BCUT2D eigenvalue weighted by atomic mass is 16.6. The lowest BCUT2D eigenvalue weighted by Gasteiger charge is -2.40. The van der Waals surface area contributed by atoms with Crippen LogP contribution in [0, 0.1) is 0 Å².